The van der Waals surface area contributed by atoms with Crippen molar-refractivity contribution in [2.45, 2.75) is 84.5 Å². The van der Waals surface area contributed by atoms with Crippen molar-refractivity contribution < 1.29 is 0 Å². The van der Waals surface area contributed by atoms with Crippen molar-refractivity contribution in [3.8, 4) is 0 Å². The van der Waals surface area contributed by atoms with Gasteiger partial charge in [-0.15, -0.1) is 0 Å². The van der Waals surface area contributed by atoms with Crippen molar-refractivity contribution in [1.82, 2.24) is 0 Å². The Morgan fingerprint density at radius 1 is 0.684 bits per heavy atom. The fourth-order valence-corrected chi connectivity index (χ4v) is 7.29. The first-order valence-electron chi connectivity index (χ1n) is 9.13. The molecule has 6 atom stereocenters. The van der Waals surface area contributed by atoms with Crippen LogP contribution in [-0.2, 0) is 0 Å². The molecule has 0 aliphatic heterocycles. The van der Waals surface area contributed by atoms with E-state index >= 15 is 0 Å². The van der Waals surface area contributed by atoms with Crippen molar-refractivity contribution in [3.05, 3.63) is 0 Å². The summed E-state index contributed by atoms with van der Waals surface area (Å²) in [5.41, 5.74) is 1.49. The lowest BCUT2D eigenvalue weighted by Gasteiger charge is -2.60. The molecule has 4 aliphatic carbocycles. The molecular formula is C19H32. The Kier molecular flexibility index (Phi) is 2.84. The highest BCUT2D eigenvalue weighted by atomic mass is 14.6. The molecule has 0 aromatic heterocycles. The summed E-state index contributed by atoms with van der Waals surface area (Å²) in [6.45, 7) is 5.33. The van der Waals surface area contributed by atoms with E-state index in [4.69, 9.17) is 0 Å². The summed E-state index contributed by atoms with van der Waals surface area (Å²) in [7, 11) is 0. The van der Waals surface area contributed by atoms with Gasteiger partial charge in [-0.25, -0.2) is 0 Å². The van der Waals surface area contributed by atoms with Gasteiger partial charge in [-0.2, -0.15) is 0 Å². The first-order chi connectivity index (χ1) is 9.13. The van der Waals surface area contributed by atoms with Crippen LogP contribution in [0.3, 0.4) is 0 Å². The van der Waals surface area contributed by atoms with Crippen LogP contribution in [0.1, 0.15) is 84.5 Å². The van der Waals surface area contributed by atoms with Gasteiger partial charge in [0.15, 0.2) is 0 Å². The Balaban J connectivity index is 1.64. The summed E-state index contributed by atoms with van der Waals surface area (Å²) in [5, 5.41) is 0. The molecule has 0 bridgehead atoms. The van der Waals surface area contributed by atoms with E-state index < -0.39 is 0 Å². The topological polar surface area (TPSA) is 0 Å². The smallest absolute Gasteiger partial charge is 0.0266 e. The van der Waals surface area contributed by atoms with Gasteiger partial charge in [0.1, 0.15) is 0 Å². The maximum Gasteiger partial charge on any atom is -0.0266 e. The lowest BCUT2D eigenvalue weighted by molar-refractivity contribution is -0.103. The second kappa shape index (κ2) is 4.25. The molecule has 19 heavy (non-hydrogen) atoms. The van der Waals surface area contributed by atoms with E-state index in [1.807, 2.05) is 0 Å². The number of hydrogen-bond donors (Lipinski definition) is 0. The largest absolute Gasteiger partial charge is 0.0594 e. The summed E-state index contributed by atoms with van der Waals surface area (Å²) in [6, 6.07) is 0. The molecule has 0 nitrogen and oxygen atoms in total. The molecule has 0 spiro atoms. The minimum Gasteiger partial charge on any atom is -0.0594 e. The Hall–Kier alpha value is 0. The molecule has 0 amide bonds. The molecule has 0 aromatic rings. The van der Waals surface area contributed by atoms with Gasteiger partial charge in [-0.3, -0.25) is 0 Å². The predicted octanol–water partition coefficient (Wildman–Crippen LogP) is 5.81. The van der Waals surface area contributed by atoms with Crippen LogP contribution in [0.25, 0.3) is 0 Å². The number of rotatable bonds is 0. The summed E-state index contributed by atoms with van der Waals surface area (Å²) >= 11 is 0. The van der Waals surface area contributed by atoms with E-state index in [0.717, 1.165) is 34.5 Å². The van der Waals surface area contributed by atoms with E-state index in [-0.39, 0.29) is 0 Å². The van der Waals surface area contributed by atoms with Crippen LogP contribution < -0.4 is 0 Å². The summed E-state index contributed by atoms with van der Waals surface area (Å²) in [6.07, 6.45) is 17.1. The van der Waals surface area contributed by atoms with Crippen LogP contribution in [0.5, 0.6) is 0 Å². The van der Waals surface area contributed by atoms with E-state index in [1.54, 1.807) is 51.4 Å². The fourth-order valence-electron chi connectivity index (χ4n) is 7.29. The van der Waals surface area contributed by atoms with Crippen molar-refractivity contribution in [1.29, 1.82) is 0 Å². The van der Waals surface area contributed by atoms with Gasteiger partial charge in [0.25, 0.3) is 0 Å². The lowest BCUT2D eigenvalue weighted by atomic mass is 9.45. The maximum absolute atomic E-state index is 2.70. The predicted molar refractivity (Wildman–Crippen MR) is 81.0 cm³/mol. The van der Waals surface area contributed by atoms with Crippen molar-refractivity contribution in [3.63, 3.8) is 0 Å². The van der Waals surface area contributed by atoms with Crippen LogP contribution in [0, 0.1) is 34.5 Å². The molecule has 4 aliphatic rings. The molecule has 4 saturated carbocycles. The Labute approximate surface area is 119 Å². The van der Waals surface area contributed by atoms with Gasteiger partial charge in [0.2, 0.25) is 0 Å². The maximum atomic E-state index is 2.70. The van der Waals surface area contributed by atoms with E-state index in [1.165, 1.54) is 19.3 Å². The van der Waals surface area contributed by atoms with Crippen LogP contribution in [0.2, 0.25) is 0 Å². The van der Waals surface area contributed by atoms with Gasteiger partial charge in [-0.05, 0) is 85.9 Å². The third kappa shape index (κ3) is 1.70. The zero-order valence-electron chi connectivity index (χ0n) is 13.1. The van der Waals surface area contributed by atoms with Crippen LogP contribution >= 0.6 is 0 Å². The monoisotopic (exact) mass is 260 g/mol. The number of fused-ring (bicyclic) bond motifs is 5. The van der Waals surface area contributed by atoms with E-state index in [9.17, 15) is 0 Å². The van der Waals surface area contributed by atoms with Gasteiger partial charge < -0.3 is 0 Å². The normalized spacial score (nSPS) is 57.2. The minimum atomic E-state index is 0.741. The fraction of sp³-hybridized carbons (Fsp3) is 1.00. The quantitative estimate of drug-likeness (QED) is 0.515. The van der Waals surface area contributed by atoms with Crippen LogP contribution in [0.4, 0.5) is 0 Å². The highest BCUT2D eigenvalue weighted by Crippen LogP contribution is 2.66. The van der Waals surface area contributed by atoms with Crippen LogP contribution in [0.15, 0.2) is 0 Å². The van der Waals surface area contributed by atoms with Gasteiger partial charge in [0, 0.05) is 0 Å². The third-order valence-electron chi connectivity index (χ3n) is 8.36. The Morgan fingerprint density at radius 3 is 2.47 bits per heavy atom. The summed E-state index contributed by atoms with van der Waals surface area (Å²) in [5.74, 6) is 4.41. The molecule has 0 radical (unpaired) electrons. The highest BCUT2D eigenvalue weighted by Gasteiger charge is 2.56. The van der Waals surface area contributed by atoms with Crippen molar-refractivity contribution in [2.24, 2.45) is 34.5 Å². The molecule has 0 aromatic carbocycles. The molecule has 4 fully saturated rings. The van der Waals surface area contributed by atoms with Crippen molar-refractivity contribution >= 4 is 0 Å². The van der Waals surface area contributed by atoms with Gasteiger partial charge >= 0.3 is 0 Å². The molecule has 0 saturated heterocycles. The lowest BCUT2D eigenvalue weighted by Crippen LogP contribution is -2.51. The van der Waals surface area contributed by atoms with Gasteiger partial charge in [-0.1, -0.05) is 33.1 Å². The Morgan fingerprint density at radius 2 is 1.58 bits per heavy atom. The summed E-state index contributed by atoms with van der Waals surface area (Å²) < 4.78 is 0. The second-order valence-corrected chi connectivity index (χ2v) is 8.99. The molecule has 0 heteroatoms. The molecule has 0 heterocycles. The third-order valence-corrected chi connectivity index (χ3v) is 8.36. The summed E-state index contributed by atoms with van der Waals surface area (Å²) in [4.78, 5) is 0. The molecule has 0 unspecified atom stereocenters. The average Bonchev–Trinajstić information content (AvgIpc) is 2.79. The van der Waals surface area contributed by atoms with E-state index in [2.05, 4.69) is 13.8 Å². The second-order valence-electron chi connectivity index (χ2n) is 8.99. The average molecular weight is 260 g/mol. The van der Waals surface area contributed by atoms with Gasteiger partial charge in [0.05, 0.1) is 0 Å². The van der Waals surface area contributed by atoms with Crippen LogP contribution in [-0.4, -0.2) is 0 Å². The Bertz CT molecular complexity index is 359. The minimum absolute atomic E-state index is 0.741. The zero-order chi connectivity index (χ0) is 13.1. The number of hydrogen-bond acceptors (Lipinski definition) is 0. The molecule has 108 valence electrons. The molecular weight excluding hydrogens is 228 g/mol. The SMILES string of the molecule is C[C@@]12CCC[C@H]1[C@@H]1CC[C@@H]3CCCC[C@]3(C)[C@H]1CC2. The molecule has 4 rings (SSSR count). The molecule has 0 N–H and O–H groups in total. The first-order valence-corrected chi connectivity index (χ1v) is 9.13. The highest BCUT2D eigenvalue weighted by molar-refractivity contribution is 5.06. The zero-order valence-corrected chi connectivity index (χ0v) is 13.1. The van der Waals surface area contributed by atoms with E-state index in [0.29, 0.717) is 0 Å². The standard InChI is InChI=1S/C19H32/c1-18-11-5-7-16(18)15-9-8-14-6-3-4-12-19(14,2)17(15)10-13-18/h14-17H,3-13H2,1-2H3/t14-,15-,16-,17-,18-,19-/m0/s1. The first kappa shape index (κ1) is 12.7. The van der Waals surface area contributed by atoms with Crippen molar-refractivity contribution in [2.75, 3.05) is 0 Å².